The largest absolute Gasteiger partial charge is 0.457 e. The Labute approximate surface area is 152 Å². The van der Waals surface area contributed by atoms with Crippen molar-refractivity contribution in [2.75, 3.05) is 6.61 Å². The van der Waals surface area contributed by atoms with Gasteiger partial charge in [0.2, 0.25) is 0 Å². The van der Waals surface area contributed by atoms with Gasteiger partial charge in [-0.2, -0.15) is 4.68 Å². The fraction of sp³-hybridized carbons (Fsp3) is 0.300. The van der Waals surface area contributed by atoms with Crippen LogP contribution < -0.4 is 15.2 Å². The molecule has 0 spiro atoms. The Morgan fingerprint density at radius 1 is 0.962 bits per heavy atom. The Morgan fingerprint density at radius 2 is 1.69 bits per heavy atom. The van der Waals surface area contributed by atoms with Crippen molar-refractivity contribution in [3.8, 4) is 23.3 Å². The molecule has 0 saturated heterocycles. The second-order valence-corrected chi connectivity index (χ2v) is 5.86. The van der Waals surface area contributed by atoms with Crippen LogP contribution in [0.1, 0.15) is 32.6 Å². The van der Waals surface area contributed by atoms with Crippen molar-refractivity contribution in [3.63, 3.8) is 0 Å². The van der Waals surface area contributed by atoms with Crippen molar-refractivity contribution in [1.82, 2.24) is 9.78 Å². The third kappa shape index (κ3) is 4.75. The summed E-state index contributed by atoms with van der Waals surface area (Å²) in [6.45, 7) is 2.64. The molecule has 0 fully saturated rings. The summed E-state index contributed by atoms with van der Waals surface area (Å²) in [5.41, 5.74) is 0.583. The molecule has 0 atom stereocenters. The minimum Gasteiger partial charge on any atom is -0.457 e. The monoisotopic (exact) mass is 354 g/mol. The average molecular weight is 354 g/mol. The summed E-state index contributed by atoms with van der Waals surface area (Å²) in [5.74, 6) is 0.840. The highest BCUT2D eigenvalue weighted by Gasteiger charge is 2.11. The zero-order valence-corrected chi connectivity index (χ0v) is 14.8. The predicted molar refractivity (Wildman–Crippen MR) is 98.3 cm³/mol. The van der Waals surface area contributed by atoms with Gasteiger partial charge in [-0.3, -0.25) is 0 Å². The lowest BCUT2D eigenvalue weighted by molar-refractivity contribution is 0.219. The molecule has 0 amide bonds. The molecule has 0 N–H and O–H groups in total. The van der Waals surface area contributed by atoms with E-state index in [1.54, 1.807) is 24.3 Å². The first kappa shape index (κ1) is 17.8. The van der Waals surface area contributed by atoms with Crippen molar-refractivity contribution < 1.29 is 13.9 Å². The zero-order chi connectivity index (χ0) is 18.2. The van der Waals surface area contributed by atoms with Crippen molar-refractivity contribution in [2.45, 2.75) is 32.6 Å². The molecule has 3 rings (SSSR count). The van der Waals surface area contributed by atoms with E-state index in [0.717, 1.165) is 25.0 Å². The molecule has 136 valence electrons. The highest BCUT2D eigenvalue weighted by molar-refractivity contribution is 5.38. The molecule has 0 unspecified atom stereocenters. The van der Waals surface area contributed by atoms with Crippen LogP contribution in [0.15, 0.2) is 63.8 Å². The number of para-hydroxylation sites is 1. The zero-order valence-electron chi connectivity index (χ0n) is 14.8. The van der Waals surface area contributed by atoms with E-state index in [4.69, 9.17) is 13.9 Å². The quantitative estimate of drug-likeness (QED) is 0.526. The number of hydrogen-bond donors (Lipinski definition) is 0. The molecule has 26 heavy (non-hydrogen) atoms. The second kappa shape index (κ2) is 8.89. The summed E-state index contributed by atoms with van der Waals surface area (Å²) in [7, 11) is 0. The molecular weight excluding hydrogens is 332 g/mol. The predicted octanol–water partition coefficient (Wildman–Crippen LogP) is 4.58. The Balaban J connectivity index is 1.63. The van der Waals surface area contributed by atoms with E-state index in [1.807, 2.05) is 30.3 Å². The van der Waals surface area contributed by atoms with E-state index in [1.165, 1.54) is 11.1 Å². The maximum absolute atomic E-state index is 12.0. The van der Waals surface area contributed by atoms with Gasteiger partial charge in [-0.05, 0) is 42.8 Å². The molecule has 2 aromatic carbocycles. The lowest BCUT2D eigenvalue weighted by Crippen LogP contribution is -2.13. The molecule has 3 aromatic rings. The normalized spacial score (nSPS) is 10.7. The van der Waals surface area contributed by atoms with Gasteiger partial charge in [-0.25, -0.2) is 4.79 Å². The standard InChI is InChI=1S/C20H22N2O4/c1-2-3-4-8-15-24-19-21-22(20(23)26-19)16-11-13-18(14-12-16)25-17-9-6-5-7-10-17/h5-7,9-14H,2-4,8,15H2,1H3. The summed E-state index contributed by atoms with van der Waals surface area (Å²) in [4.78, 5) is 12.0. The third-order valence-corrected chi connectivity index (χ3v) is 3.81. The Bertz CT molecular complexity index is 854. The number of unbranched alkanes of at least 4 members (excludes halogenated alkanes) is 3. The lowest BCUT2D eigenvalue weighted by atomic mass is 10.2. The van der Waals surface area contributed by atoms with Crippen LogP contribution in [-0.2, 0) is 0 Å². The van der Waals surface area contributed by atoms with Gasteiger partial charge in [0.15, 0.2) is 0 Å². The molecule has 0 aliphatic carbocycles. The average Bonchev–Trinajstić information content (AvgIpc) is 3.04. The number of rotatable bonds is 9. The van der Waals surface area contributed by atoms with E-state index in [-0.39, 0.29) is 6.08 Å². The summed E-state index contributed by atoms with van der Waals surface area (Å²) in [6.07, 6.45) is 4.32. The molecule has 0 aliphatic heterocycles. The van der Waals surface area contributed by atoms with Gasteiger partial charge >= 0.3 is 11.8 Å². The molecule has 0 aliphatic rings. The summed E-state index contributed by atoms with van der Waals surface area (Å²) >= 11 is 0. The summed E-state index contributed by atoms with van der Waals surface area (Å²) in [6, 6.07) is 16.5. The Kier molecular flexibility index (Phi) is 6.09. The first-order chi connectivity index (χ1) is 12.8. The molecule has 0 bridgehead atoms. The summed E-state index contributed by atoms with van der Waals surface area (Å²) < 4.78 is 17.4. The van der Waals surface area contributed by atoms with Gasteiger partial charge in [-0.15, -0.1) is 0 Å². The smallest absolute Gasteiger partial charge is 0.444 e. The first-order valence-electron chi connectivity index (χ1n) is 8.82. The first-order valence-corrected chi connectivity index (χ1v) is 8.82. The van der Waals surface area contributed by atoms with Crippen LogP contribution >= 0.6 is 0 Å². The van der Waals surface area contributed by atoms with Crippen molar-refractivity contribution in [3.05, 3.63) is 65.1 Å². The molecule has 1 aromatic heterocycles. The van der Waals surface area contributed by atoms with E-state index in [2.05, 4.69) is 12.0 Å². The lowest BCUT2D eigenvalue weighted by Gasteiger charge is -2.06. The molecule has 6 nitrogen and oxygen atoms in total. The minimum atomic E-state index is -0.578. The van der Waals surface area contributed by atoms with Crippen molar-refractivity contribution in [2.24, 2.45) is 0 Å². The van der Waals surface area contributed by atoms with Gasteiger partial charge in [0, 0.05) is 0 Å². The van der Waals surface area contributed by atoms with Crippen LogP contribution in [0, 0.1) is 0 Å². The second-order valence-electron chi connectivity index (χ2n) is 5.86. The van der Waals surface area contributed by atoms with Crippen LogP contribution in [0.2, 0.25) is 0 Å². The van der Waals surface area contributed by atoms with Crippen LogP contribution in [0.5, 0.6) is 17.6 Å². The SMILES string of the molecule is CCCCCCOc1nn(-c2ccc(Oc3ccccc3)cc2)c(=O)o1. The highest BCUT2D eigenvalue weighted by Crippen LogP contribution is 2.22. The fourth-order valence-electron chi connectivity index (χ4n) is 2.45. The summed E-state index contributed by atoms with van der Waals surface area (Å²) in [5, 5.41) is 4.09. The van der Waals surface area contributed by atoms with E-state index < -0.39 is 5.76 Å². The van der Waals surface area contributed by atoms with Gasteiger partial charge in [0.25, 0.3) is 0 Å². The maximum Gasteiger partial charge on any atom is 0.444 e. The molecule has 0 radical (unpaired) electrons. The molecular formula is C20H22N2O4. The van der Waals surface area contributed by atoms with Crippen LogP contribution in [0.4, 0.5) is 0 Å². The topological polar surface area (TPSA) is 66.5 Å². The fourth-order valence-corrected chi connectivity index (χ4v) is 2.45. The molecule has 6 heteroatoms. The van der Waals surface area contributed by atoms with Crippen molar-refractivity contribution in [1.29, 1.82) is 0 Å². The van der Waals surface area contributed by atoms with E-state index in [9.17, 15) is 4.79 Å². The molecule has 0 saturated carbocycles. The van der Waals surface area contributed by atoms with E-state index >= 15 is 0 Å². The number of benzene rings is 2. The Hall–Kier alpha value is -3.02. The number of nitrogens with zero attached hydrogens (tertiary/aromatic N) is 2. The van der Waals surface area contributed by atoms with E-state index in [0.29, 0.717) is 18.0 Å². The van der Waals surface area contributed by atoms with Gasteiger partial charge in [0.05, 0.1) is 12.3 Å². The number of ether oxygens (including phenoxy) is 2. The van der Waals surface area contributed by atoms with Crippen LogP contribution in [0.3, 0.4) is 0 Å². The Morgan fingerprint density at radius 3 is 2.42 bits per heavy atom. The van der Waals surface area contributed by atoms with Crippen LogP contribution in [0.25, 0.3) is 5.69 Å². The number of hydrogen-bond acceptors (Lipinski definition) is 5. The van der Waals surface area contributed by atoms with Crippen LogP contribution in [-0.4, -0.2) is 16.4 Å². The highest BCUT2D eigenvalue weighted by atomic mass is 16.6. The molecule has 1 heterocycles. The third-order valence-electron chi connectivity index (χ3n) is 3.81. The number of aromatic nitrogens is 2. The minimum absolute atomic E-state index is 0.00360. The van der Waals surface area contributed by atoms with Gasteiger partial charge in [0.1, 0.15) is 11.5 Å². The maximum atomic E-state index is 12.0. The van der Waals surface area contributed by atoms with Crippen molar-refractivity contribution >= 4 is 0 Å². The van der Waals surface area contributed by atoms with Gasteiger partial charge < -0.3 is 13.9 Å². The van der Waals surface area contributed by atoms with Gasteiger partial charge in [-0.1, -0.05) is 49.5 Å².